The maximum Gasteiger partial charge on any atom is 0.274 e. The molecule has 2 rings (SSSR count). The Labute approximate surface area is 122 Å². The summed E-state index contributed by atoms with van der Waals surface area (Å²) in [5.74, 6) is -0.203. The first kappa shape index (κ1) is 14.6. The summed E-state index contributed by atoms with van der Waals surface area (Å²) >= 11 is 11.8. The lowest BCUT2D eigenvalue weighted by molar-refractivity contribution is 0.0569. The van der Waals surface area contributed by atoms with E-state index >= 15 is 0 Å². The molecule has 1 unspecified atom stereocenters. The number of hydrogen-bond donors (Lipinski definition) is 1. The molecular weight excluding hydrogens is 287 g/mol. The number of carbonyl (C=O) groups excluding carboxylic acids is 1. The number of aliphatic hydroxyl groups is 1. The van der Waals surface area contributed by atoms with E-state index in [1.54, 1.807) is 17.0 Å². The molecule has 104 valence electrons. The van der Waals surface area contributed by atoms with E-state index in [9.17, 15) is 4.79 Å². The molecule has 1 N–H and O–H groups in total. The maximum absolute atomic E-state index is 12.5. The molecule has 1 aromatic heterocycles. The highest BCUT2D eigenvalue weighted by Crippen LogP contribution is 2.24. The standard InChI is InChI=1S/C13H16Cl2N2O2/c14-10-4-5-11(15)16-12(10)13(19)17-7-2-1-3-9(17)6-8-18/h4-5,9,18H,1-3,6-8H2. The molecule has 4 nitrogen and oxygen atoms in total. The van der Waals surface area contributed by atoms with Crippen molar-refractivity contribution in [1.82, 2.24) is 9.88 Å². The van der Waals surface area contributed by atoms with E-state index in [1.165, 1.54) is 0 Å². The van der Waals surface area contributed by atoms with Crippen LogP contribution < -0.4 is 0 Å². The summed E-state index contributed by atoms with van der Waals surface area (Å²) in [5, 5.41) is 9.65. The van der Waals surface area contributed by atoms with Crippen LogP contribution >= 0.6 is 23.2 Å². The van der Waals surface area contributed by atoms with Gasteiger partial charge in [0.2, 0.25) is 0 Å². The predicted molar refractivity (Wildman–Crippen MR) is 74.6 cm³/mol. The molecule has 0 bridgehead atoms. The van der Waals surface area contributed by atoms with Crippen molar-refractivity contribution in [3.63, 3.8) is 0 Å². The van der Waals surface area contributed by atoms with Crippen LogP contribution in [-0.2, 0) is 0 Å². The van der Waals surface area contributed by atoms with Crippen molar-refractivity contribution in [2.24, 2.45) is 0 Å². The number of pyridine rings is 1. The average Bonchev–Trinajstić information content (AvgIpc) is 2.42. The Kier molecular flexibility index (Phi) is 5.02. The molecule has 0 aromatic carbocycles. The summed E-state index contributed by atoms with van der Waals surface area (Å²) in [6, 6.07) is 3.19. The van der Waals surface area contributed by atoms with E-state index in [2.05, 4.69) is 4.98 Å². The van der Waals surface area contributed by atoms with Gasteiger partial charge in [-0.1, -0.05) is 23.2 Å². The fourth-order valence-corrected chi connectivity index (χ4v) is 2.76. The van der Waals surface area contributed by atoms with Gasteiger partial charge in [0.1, 0.15) is 10.8 Å². The number of likely N-dealkylation sites (tertiary alicyclic amines) is 1. The lowest BCUT2D eigenvalue weighted by atomic mass is 9.99. The number of hydrogen-bond acceptors (Lipinski definition) is 3. The third-order valence-corrected chi connectivity index (χ3v) is 3.88. The SMILES string of the molecule is O=C(c1nc(Cl)ccc1Cl)N1CCCCC1CCO. The smallest absolute Gasteiger partial charge is 0.274 e. The van der Waals surface area contributed by atoms with Gasteiger partial charge < -0.3 is 10.0 Å². The van der Waals surface area contributed by atoms with Crippen molar-refractivity contribution in [1.29, 1.82) is 0 Å². The van der Waals surface area contributed by atoms with Gasteiger partial charge in [0.25, 0.3) is 5.91 Å². The van der Waals surface area contributed by atoms with Crippen LogP contribution in [0.5, 0.6) is 0 Å². The zero-order valence-corrected chi connectivity index (χ0v) is 12.0. The Morgan fingerprint density at radius 3 is 2.95 bits per heavy atom. The van der Waals surface area contributed by atoms with Gasteiger partial charge in [-0.2, -0.15) is 0 Å². The van der Waals surface area contributed by atoms with Gasteiger partial charge in [-0.3, -0.25) is 4.79 Å². The van der Waals surface area contributed by atoms with E-state index in [-0.39, 0.29) is 29.4 Å². The van der Waals surface area contributed by atoms with E-state index in [0.717, 1.165) is 19.3 Å². The zero-order valence-electron chi connectivity index (χ0n) is 10.5. The molecule has 1 amide bonds. The summed E-state index contributed by atoms with van der Waals surface area (Å²) in [6.07, 6.45) is 3.53. The number of aliphatic hydroxyl groups excluding tert-OH is 1. The highest BCUT2D eigenvalue weighted by molar-refractivity contribution is 6.34. The summed E-state index contributed by atoms with van der Waals surface area (Å²) in [7, 11) is 0. The second-order valence-electron chi connectivity index (χ2n) is 4.62. The highest BCUT2D eigenvalue weighted by atomic mass is 35.5. The van der Waals surface area contributed by atoms with Crippen LogP contribution in [-0.4, -0.2) is 40.1 Å². The lowest BCUT2D eigenvalue weighted by Crippen LogP contribution is -2.44. The molecule has 1 fully saturated rings. The Balaban J connectivity index is 2.23. The molecule has 0 radical (unpaired) electrons. The van der Waals surface area contributed by atoms with Crippen LogP contribution in [0, 0.1) is 0 Å². The van der Waals surface area contributed by atoms with Gasteiger partial charge >= 0.3 is 0 Å². The molecule has 0 spiro atoms. The summed E-state index contributed by atoms with van der Waals surface area (Å²) < 4.78 is 0. The third-order valence-electron chi connectivity index (χ3n) is 3.36. The molecule has 2 heterocycles. The Bertz CT molecular complexity index is 466. The number of rotatable bonds is 3. The Morgan fingerprint density at radius 1 is 1.42 bits per heavy atom. The van der Waals surface area contributed by atoms with Crippen molar-refractivity contribution < 1.29 is 9.90 Å². The fourth-order valence-electron chi connectivity index (χ4n) is 2.42. The molecule has 1 atom stereocenters. The van der Waals surface area contributed by atoms with E-state index in [0.29, 0.717) is 18.0 Å². The second-order valence-corrected chi connectivity index (χ2v) is 5.42. The molecule has 19 heavy (non-hydrogen) atoms. The van der Waals surface area contributed by atoms with Crippen molar-refractivity contribution in [2.75, 3.05) is 13.2 Å². The molecule has 1 saturated heterocycles. The number of aromatic nitrogens is 1. The van der Waals surface area contributed by atoms with Gasteiger partial charge in [0.15, 0.2) is 0 Å². The van der Waals surface area contributed by atoms with Gasteiger partial charge in [-0.25, -0.2) is 4.98 Å². The van der Waals surface area contributed by atoms with Gasteiger partial charge in [-0.15, -0.1) is 0 Å². The van der Waals surface area contributed by atoms with E-state index in [4.69, 9.17) is 28.3 Å². The largest absolute Gasteiger partial charge is 0.396 e. The summed E-state index contributed by atoms with van der Waals surface area (Å²) in [5.41, 5.74) is 0.194. The molecular formula is C13H16Cl2N2O2. The average molecular weight is 303 g/mol. The highest BCUT2D eigenvalue weighted by Gasteiger charge is 2.29. The Morgan fingerprint density at radius 2 is 2.21 bits per heavy atom. The lowest BCUT2D eigenvalue weighted by Gasteiger charge is -2.35. The van der Waals surface area contributed by atoms with E-state index in [1.807, 2.05) is 0 Å². The van der Waals surface area contributed by atoms with Crippen molar-refractivity contribution in [3.05, 3.63) is 28.0 Å². The normalized spacial score (nSPS) is 19.5. The molecule has 6 heteroatoms. The van der Waals surface area contributed by atoms with Crippen LogP contribution in [0.2, 0.25) is 10.2 Å². The molecule has 1 aliphatic rings. The number of nitrogens with zero attached hydrogens (tertiary/aromatic N) is 2. The number of piperidine rings is 1. The Hall–Kier alpha value is -0.840. The number of halogens is 2. The third kappa shape index (κ3) is 3.38. The quantitative estimate of drug-likeness (QED) is 0.874. The van der Waals surface area contributed by atoms with Gasteiger partial charge in [0.05, 0.1) is 5.02 Å². The van der Waals surface area contributed by atoms with E-state index < -0.39 is 0 Å². The molecule has 1 aromatic rings. The van der Waals surface area contributed by atoms with Gasteiger partial charge in [-0.05, 0) is 37.8 Å². The minimum Gasteiger partial charge on any atom is -0.396 e. The molecule has 0 aliphatic carbocycles. The van der Waals surface area contributed by atoms with Gasteiger partial charge in [0, 0.05) is 19.2 Å². The first-order valence-corrected chi connectivity index (χ1v) is 7.13. The van der Waals surface area contributed by atoms with Crippen LogP contribution in [0.4, 0.5) is 0 Å². The number of carbonyl (C=O) groups is 1. The monoisotopic (exact) mass is 302 g/mol. The van der Waals surface area contributed by atoms with Crippen molar-refractivity contribution >= 4 is 29.1 Å². The van der Waals surface area contributed by atoms with Crippen LogP contribution in [0.3, 0.4) is 0 Å². The van der Waals surface area contributed by atoms with Crippen molar-refractivity contribution in [2.45, 2.75) is 31.7 Å². The first-order chi connectivity index (χ1) is 9.13. The topological polar surface area (TPSA) is 53.4 Å². The maximum atomic E-state index is 12.5. The second kappa shape index (κ2) is 6.55. The van der Waals surface area contributed by atoms with Crippen LogP contribution in [0.15, 0.2) is 12.1 Å². The molecule has 0 saturated carbocycles. The van der Waals surface area contributed by atoms with Crippen LogP contribution in [0.25, 0.3) is 0 Å². The first-order valence-electron chi connectivity index (χ1n) is 6.37. The predicted octanol–water partition coefficient (Wildman–Crippen LogP) is 2.77. The minimum atomic E-state index is -0.203. The van der Waals surface area contributed by atoms with Crippen molar-refractivity contribution in [3.8, 4) is 0 Å². The van der Waals surface area contributed by atoms with Crippen LogP contribution in [0.1, 0.15) is 36.2 Å². The summed E-state index contributed by atoms with van der Waals surface area (Å²) in [4.78, 5) is 18.3. The minimum absolute atomic E-state index is 0.0584. The summed E-state index contributed by atoms with van der Waals surface area (Å²) in [6.45, 7) is 0.749. The number of amides is 1. The zero-order chi connectivity index (χ0) is 13.8. The molecule has 1 aliphatic heterocycles. The fraction of sp³-hybridized carbons (Fsp3) is 0.538.